The maximum absolute atomic E-state index is 14.9. The van der Waals surface area contributed by atoms with Crippen molar-refractivity contribution in [2.75, 3.05) is 6.54 Å². The van der Waals surface area contributed by atoms with Crippen LogP contribution in [0.25, 0.3) is 0 Å². The summed E-state index contributed by atoms with van der Waals surface area (Å²) in [7, 11) is 0. The summed E-state index contributed by atoms with van der Waals surface area (Å²) < 4.78 is 61.2. The molecule has 2 aromatic heterocycles. The molecule has 3 atom stereocenters. The van der Waals surface area contributed by atoms with Crippen LogP contribution >= 0.6 is 0 Å². The molecule has 3 heterocycles. The molecule has 0 unspecified atom stereocenters. The summed E-state index contributed by atoms with van der Waals surface area (Å²) in [6.45, 7) is 1.45. The Morgan fingerprint density at radius 3 is 2.53 bits per heavy atom. The third kappa shape index (κ3) is 5.41. The molecule has 0 bridgehead atoms. The normalized spacial score (nSPS) is 21.7. The average Bonchev–Trinajstić information content (AvgIpc) is 3.46. The first-order chi connectivity index (χ1) is 18.1. The van der Waals surface area contributed by atoms with Gasteiger partial charge in [-0.15, -0.1) is 0 Å². The topological polar surface area (TPSA) is 88.3 Å². The number of hydrogen-bond donors (Lipinski definition) is 1. The summed E-state index contributed by atoms with van der Waals surface area (Å²) in [4.78, 5) is 35.5. The van der Waals surface area contributed by atoms with Crippen LogP contribution in [0, 0.1) is 12.9 Å². The summed E-state index contributed by atoms with van der Waals surface area (Å²) in [5.74, 6) is -5.26. The van der Waals surface area contributed by atoms with E-state index in [1.807, 2.05) is 0 Å². The van der Waals surface area contributed by atoms with Gasteiger partial charge in [0.05, 0.1) is 24.0 Å². The smallest absolute Gasteiger partial charge is 0.249 e. The third-order valence-corrected chi connectivity index (χ3v) is 6.99. The predicted octanol–water partition coefficient (Wildman–Crippen LogP) is 4.42. The number of likely N-dealkylation sites (tertiary alicyclic amines) is 1. The van der Waals surface area contributed by atoms with E-state index >= 15 is 0 Å². The number of nitrogens with zero attached hydrogens (tertiary/aromatic N) is 3. The fourth-order valence-corrected chi connectivity index (χ4v) is 5.04. The van der Waals surface area contributed by atoms with Gasteiger partial charge in [0, 0.05) is 24.8 Å². The zero-order chi connectivity index (χ0) is 27.0. The van der Waals surface area contributed by atoms with Crippen molar-refractivity contribution in [3.63, 3.8) is 0 Å². The lowest BCUT2D eigenvalue weighted by Crippen LogP contribution is -2.47. The van der Waals surface area contributed by atoms with Crippen molar-refractivity contribution < 1.29 is 31.6 Å². The van der Waals surface area contributed by atoms with Crippen molar-refractivity contribution >= 4 is 11.8 Å². The zero-order valence-corrected chi connectivity index (χ0v) is 20.5. The molecule has 1 saturated heterocycles. The molecule has 1 aromatic carbocycles. The lowest BCUT2D eigenvalue weighted by atomic mass is 9.77. The minimum atomic E-state index is -2.80. The Labute approximate surface area is 216 Å². The second-order valence-electron chi connectivity index (χ2n) is 9.88. The van der Waals surface area contributed by atoms with Gasteiger partial charge in [0.25, 0.3) is 0 Å². The summed E-state index contributed by atoms with van der Waals surface area (Å²) >= 11 is 0. The fourth-order valence-electron chi connectivity index (χ4n) is 5.04. The number of alkyl halides is 3. The van der Waals surface area contributed by atoms with Crippen molar-refractivity contribution in [2.45, 2.75) is 62.7 Å². The number of hydrogen-bond acceptors (Lipinski definition) is 5. The first-order valence-electron chi connectivity index (χ1n) is 12.3. The Hall–Kier alpha value is -3.76. The highest BCUT2D eigenvalue weighted by Gasteiger charge is 2.47. The van der Waals surface area contributed by atoms with Crippen molar-refractivity contribution in [2.24, 2.45) is 0 Å². The van der Waals surface area contributed by atoms with Crippen molar-refractivity contribution in [1.29, 1.82) is 0 Å². The number of carbonyl (C=O) groups excluding carboxylic acids is 2. The summed E-state index contributed by atoms with van der Waals surface area (Å²) in [5.41, 5.74) is 1.43. The van der Waals surface area contributed by atoms with E-state index in [1.165, 1.54) is 18.4 Å². The van der Waals surface area contributed by atoms with Crippen molar-refractivity contribution in [1.82, 2.24) is 20.2 Å². The van der Waals surface area contributed by atoms with Crippen LogP contribution in [0.4, 0.5) is 17.6 Å². The van der Waals surface area contributed by atoms with Gasteiger partial charge in [0.1, 0.15) is 24.9 Å². The van der Waals surface area contributed by atoms with Crippen LogP contribution in [-0.4, -0.2) is 51.4 Å². The van der Waals surface area contributed by atoms with E-state index in [2.05, 4.69) is 15.3 Å². The largest absolute Gasteiger partial charge is 0.448 e. The average molecular weight is 531 g/mol. The van der Waals surface area contributed by atoms with Gasteiger partial charge < -0.3 is 14.6 Å². The van der Waals surface area contributed by atoms with E-state index in [0.717, 1.165) is 4.90 Å². The number of nitrogens with one attached hydrogen (secondary N) is 1. The van der Waals surface area contributed by atoms with E-state index in [9.17, 15) is 27.2 Å². The highest BCUT2D eigenvalue weighted by Crippen LogP contribution is 2.48. The molecule has 1 aliphatic carbocycles. The van der Waals surface area contributed by atoms with Crippen LogP contribution in [0.1, 0.15) is 59.6 Å². The molecule has 11 heteroatoms. The van der Waals surface area contributed by atoms with Crippen LogP contribution in [0.2, 0.25) is 0 Å². The Morgan fingerprint density at radius 1 is 1.16 bits per heavy atom. The van der Waals surface area contributed by atoms with Crippen LogP contribution in [0.15, 0.2) is 53.1 Å². The summed E-state index contributed by atoms with van der Waals surface area (Å²) in [5, 5.41) is 2.79. The predicted molar refractivity (Wildman–Crippen MR) is 128 cm³/mol. The lowest BCUT2D eigenvalue weighted by Gasteiger charge is -2.35. The summed E-state index contributed by atoms with van der Waals surface area (Å²) in [6, 6.07) is 9.56. The van der Waals surface area contributed by atoms with Gasteiger partial charge in [-0.3, -0.25) is 9.59 Å². The number of aryl methyl sites for hydroxylation is 1. The van der Waals surface area contributed by atoms with Gasteiger partial charge in [-0.2, -0.15) is 4.39 Å². The molecule has 3 aromatic rings. The van der Waals surface area contributed by atoms with Gasteiger partial charge >= 0.3 is 0 Å². The highest BCUT2D eigenvalue weighted by atomic mass is 19.3. The summed E-state index contributed by atoms with van der Waals surface area (Å²) in [6.07, 6.45) is -1.29. The van der Waals surface area contributed by atoms with Gasteiger partial charge in [0.15, 0.2) is 0 Å². The molecule has 7 nitrogen and oxygen atoms in total. The molecule has 2 aliphatic rings. The molecule has 0 radical (unpaired) electrons. The standard InChI is InChI=1S/C27H26F4N4O3/c1-15-14-38-22(32-15)10-23(36)35-13-18(28)9-21(35)26(37)34-24(16-5-3-2-4-6-16)20-8-7-19(25(29)33-20)17-11-27(30,31)12-17/h2-8,14,17-18,21,24H,9-13H2,1H3,(H,34,37)/t18-,21+,24+/m1/s1. The Bertz CT molecular complexity index is 1320. The zero-order valence-electron chi connectivity index (χ0n) is 20.5. The van der Waals surface area contributed by atoms with E-state index in [0.29, 0.717) is 11.3 Å². The van der Waals surface area contributed by atoms with Gasteiger partial charge in [-0.1, -0.05) is 36.4 Å². The molecule has 0 spiro atoms. The molecule has 1 saturated carbocycles. The molecular formula is C27H26F4N4O3. The molecule has 1 N–H and O–H groups in total. The number of rotatable bonds is 7. The van der Waals surface area contributed by atoms with E-state index < -0.39 is 60.7 Å². The Balaban J connectivity index is 1.37. The van der Waals surface area contributed by atoms with Gasteiger partial charge in [-0.05, 0) is 24.5 Å². The molecule has 200 valence electrons. The van der Waals surface area contributed by atoms with Crippen LogP contribution in [0.3, 0.4) is 0 Å². The minimum Gasteiger partial charge on any atom is -0.448 e. The lowest BCUT2D eigenvalue weighted by molar-refractivity contribution is -0.138. The molecule has 2 fully saturated rings. The highest BCUT2D eigenvalue weighted by molar-refractivity contribution is 5.89. The molecule has 1 aliphatic heterocycles. The van der Waals surface area contributed by atoms with Crippen molar-refractivity contribution in [3.8, 4) is 0 Å². The first kappa shape index (κ1) is 25.9. The monoisotopic (exact) mass is 530 g/mol. The molecule has 2 amide bonds. The quantitative estimate of drug-likeness (QED) is 0.361. The van der Waals surface area contributed by atoms with Crippen LogP contribution in [-0.2, 0) is 16.0 Å². The SMILES string of the molecule is Cc1coc(CC(=O)N2C[C@H](F)C[C@H]2C(=O)N[C@@H](c2ccccc2)c2ccc(C3CC(F)(F)C3)c(F)n2)n1. The number of halogens is 4. The van der Waals surface area contributed by atoms with E-state index in [4.69, 9.17) is 4.42 Å². The Morgan fingerprint density at radius 2 is 1.89 bits per heavy atom. The van der Waals surface area contributed by atoms with Crippen LogP contribution in [0.5, 0.6) is 0 Å². The van der Waals surface area contributed by atoms with E-state index in [-0.39, 0.29) is 36.5 Å². The first-order valence-corrected chi connectivity index (χ1v) is 12.3. The molecule has 38 heavy (non-hydrogen) atoms. The Kier molecular flexibility index (Phi) is 6.93. The fraction of sp³-hybridized carbons (Fsp3) is 0.407. The molecule has 5 rings (SSSR count). The maximum Gasteiger partial charge on any atom is 0.249 e. The van der Waals surface area contributed by atoms with Crippen molar-refractivity contribution in [3.05, 3.63) is 83.1 Å². The maximum atomic E-state index is 14.9. The number of amides is 2. The van der Waals surface area contributed by atoms with Gasteiger partial charge in [-0.25, -0.2) is 23.1 Å². The molecular weight excluding hydrogens is 504 g/mol. The second kappa shape index (κ2) is 10.2. The van der Waals surface area contributed by atoms with Gasteiger partial charge in [0.2, 0.25) is 29.6 Å². The number of benzene rings is 1. The number of aromatic nitrogens is 2. The second-order valence-corrected chi connectivity index (χ2v) is 9.88. The number of pyridine rings is 1. The number of oxazole rings is 1. The number of carbonyl (C=O) groups is 2. The van der Waals surface area contributed by atoms with E-state index in [1.54, 1.807) is 37.3 Å². The minimum absolute atomic E-state index is 0.104. The van der Waals surface area contributed by atoms with Crippen LogP contribution < -0.4 is 5.32 Å². The third-order valence-electron chi connectivity index (χ3n) is 6.99.